The summed E-state index contributed by atoms with van der Waals surface area (Å²) in [5.74, 6) is -0.845. The first-order valence-electron chi connectivity index (χ1n) is 7.55. The maximum atomic E-state index is 12.5. The van der Waals surface area contributed by atoms with E-state index < -0.39 is 5.97 Å². The number of carboxylic acid groups (broad SMARTS) is 1. The predicted octanol–water partition coefficient (Wildman–Crippen LogP) is 4.52. The van der Waals surface area contributed by atoms with Gasteiger partial charge in [-0.05, 0) is 30.4 Å². The van der Waals surface area contributed by atoms with E-state index in [1.807, 2.05) is 12.1 Å². The van der Waals surface area contributed by atoms with E-state index >= 15 is 0 Å². The summed E-state index contributed by atoms with van der Waals surface area (Å²) in [6, 6.07) is 13.8. The normalized spacial score (nSPS) is 10.7. The van der Waals surface area contributed by atoms with Crippen molar-refractivity contribution in [1.82, 2.24) is 0 Å². The molecule has 0 aliphatic heterocycles. The van der Waals surface area contributed by atoms with E-state index in [0.29, 0.717) is 11.5 Å². The number of ketones is 1. The molecule has 0 bridgehead atoms. The maximum absolute atomic E-state index is 12.5. The summed E-state index contributed by atoms with van der Waals surface area (Å²) in [5, 5.41) is 9.19. The lowest BCUT2D eigenvalue weighted by atomic mass is 9.91. The fourth-order valence-corrected chi connectivity index (χ4v) is 2.69. The van der Waals surface area contributed by atoms with Gasteiger partial charge in [-0.3, -0.25) is 4.79 Å². The highest BCUT2D eigenvalue weighted by Crippen LogP contribution is 2.24. The zero-order valence-corrected chi connectivity index (χ0v) is 12.9. The number of rotatable bonds is 6. The second kappa shape index (κ2) is 7.03. The molecular weight excluding hydrogens is 276 g/mol. The second-order valence-electron chi connectivity index (χ2n) is 5.32. The third-order valence-electron chi connectivity index (χ3n) is 4.03. The Morgan fingerprint density at radius 3 is 1.95 bits per heavy atom. The standard InChI is InChI=1S/C19H20O3/c1-3-13(4-2)14-9-11-15(12-10-14)18(20)16-7-5-6-8-17(16)19(21)22/h5-13H,3-4H2,1-2H3,(H,21,22). The lowest BCUT2D eigenvalue weighted by Crippen LogP contribution is -2.09. The average molecular weight is 296 g/mol. The fourth-order valence-electron chi connectivity index (χ4n) is 2.69. The van der Waals surface area contributed by atoms with Crippen molar-refractivity contribution in [2.24, 2.45) is 0 Å². The molecule has 0 amide bonds. The van der Waals surface area contributed by atoms with Gasteiger partial charge < -0.3 is 5.11 Å². The number of benzene rings is 2. The number of carboxylic acids is 1. The zero-order chi connectivity index (χ0) is 16.1. The topological polar surface area (TPSA) is 54.4 Å². The van der Waals surface area contributed by atoms with Crippen LogP contribution in [0.1, 0.15) is 64.4 Å². The molecule has 0 aromatic heterocycles. The van der Waals surface area contributed by atoms with Crippen molar-refractivity contribution >= 4 is 11.8 Å². The van der Waals surface area contributed by atoms with E-state index in [4.69, 9.17) is 0 Å². The third-order valence-corrected chi connectivity index (χ3v) is 4.03. The second-order valence-corrected chi connectivity index (χ2v) is 5.32. The Bertz CT molecular complexity index is 667. The Morgan fingerprint density at radius 1 is 0.909 bits per heavy atom. The summed E-state index contributed by atoms with van der Waals surface area (Å²) >= 11 is 0. The van der Waals surface area contributed by atoms with Gasteiger partial charge in [0.1, 0.15) is 0 Å². The number of carbonyl (C=O) groups is 2. The first kappa shape index (κ1) is 16.0. The van der Waals surface area contributed by atoms with Gasteiger partial charge in [0, 0.05) is 11.1 Å². The molecule has 0 unspecified atom stereocenters. The monoisotopic (exact) mass is 296 g/mol. The number of aromatic carboxylic acids is 1. The molecule has 0 heterocycles. The summed E-state index contributed by atoms with van der Waals surface area (Å²) in [4.78, 5) is 23.8. The minimum absolute atomic E-state index is 0.0385. The summed E-state index contributed by atoms with van der Waals surface area (Å²) < 4.78 is 0. The lowest BCUT2D eigenvalue weighted by molar-refractivity contribution is 0.0693. The van der Waals surface area contributed by atoms with E-state index in [-0.39, 0.29) is 16.9 Å². The highest BCUT2D eigenvalue weighted by atomic mass is 16.4. The number of carbonyl (C=O) groups excluding carboxylic acids is 1. The van der Waals surface area contributed by atoms with E-state index in [1.165, 1.54) is 11.6 Å². The minimum Gasteiger partial charge on any atom is -0.478 e. The SMILES string of the molecule is CCC(CC)c1ccc(C(=O)c2ccccc2C(=O)O)cc1. The smallest absolute Gasteiger partial charge is 0.336 e. The van der Waals surface area contributed by atoms with Crippen molar-refractivity contribution in [3.63, 3.8) is 0 Å². The van der Waals surface area contributed by atoms with Crippen LogP contribution in [0.2, 0.25) is 0 Å². The van der Waals surface area contributed by atoms with Crippen LogP contribution in [-0.2, 0) is 0 Å². The van der Waals surface area contributed by atoms with Crippen LogP contribution >= 0.6 is 0 Å². The van der Waals surface area contributed by atoms with Crippen LogP contribution in [0.4, 0.5) is 0 Å². The molecule has 1 N–H and O–H groups in total. The molecule has 0 aliphatic rings. The lowest BCUT2D eigenvalue weighted by Gasteiger charge is -2.13. The zero-order valence-electron chi connectivity index (χ0n) is 12.9. The highest BCUT2D eigenvalue weighted by molar-refractivity contribution is 6.14. The van der Waals surface area contributed by atoms with E-state index in [0.717, 1.165) is 12.8 Å². The van der Waals surface area contributed by atoms with Gasteiger partial charge in [-0.25, -0.2) is 4.79 Å². The first-order valence-corrected chi connectivity index (χ1v) is 7.55. The highest BCUT2D eigenvalue weighted by Gasteiger charge is 2.17. The van der Waals surface area contributed by atoms with Crippen LogP contribution < -0.4 is 0 Å². The summed E-state index contributed by atoms with van der Waals surface area (Å²) in [6.45, 7) is 4.30. The maximum Gasteiger partial charge on any atom is 0.336 e. The van der Waals surface area contributed by atoms with Crippen LogP contribution in [0, 0.1) is 0 Å². The molecule has 3 heteroatoms. The molecule has 0 radical (unpaired) electrons. The van der Waals surface area contributed by atoms with Gasteiger partial charge in [-0.15, -0.1) is 0 Å². The van der Waals surface area contributed by atoms with Crippen LogP contribution in [0.5, 0.6) is 0 Å². The minimum atomic E-state index is -1.09. The molecule has 0 fully saturated rings. The summed E-state index contributed by atoms with van der Waals surface area (Å²) in [7, 11) is 0. The van der Waals surface area contributed by atoms with Gasteiger partial charge in [0.05, 0.1) is 5.56 Å². The molecule has 0 saturated carbocycles. The Hall–Kier alpha value is -2.42. The molecule has 0 saturated heterocycles. The molecule has 2 rings (SSSR count). The molecule has 22 heavy (non-hydrogen) atoms. The fraction of sp³-hybridized carbons (Fsp3) is 0.263. The molecule has 0 atom stereocenters. The molecule has 3 nitrogen and oxygen atoms in total. The Labute approximate surface area is 130 Å². The van der Waals surface area contributed by atoms with Gasteiger partial charge in [0.15, 0.2) is 5.78 Å². The molecule has 0 spiro atoms. The van der Waals surface area contributed by atoms with Gasteiger partial charge >= 0.3 is 5.97 Å². The van der Waals surface area contributed by atoms with Gasteiger partial charge in [-0.1, -0.05) is 56.3 Å². The Balaban J connectivity index is 2.33. The molecule has 0 aliphatic carbocycles. The van der Waals surface area contributed by atoms with Crippen molar-refractivity contribution in [3.8, 4) is 0 Å². The molecular formula is C19H20O3. The molecule has 2 aromatic carbocycles. The third kappa shape index (κ3) is 3.25. The van der Waals surface area contributed by atoms with Crippen LogP contribution in [0.15, 0.2) is 48.5 Å². The summed E-state index contributed by atoms with van der Waals surface area (Å²) in [6.07, 6.45) is 2.12. The van der Waals surface area contributed by atoms with Crippen LogP contribution in [0.3, 0.4) is 0 Å². The molecule has 2 aromatic rings. The summed E-state index contributed by atoms with van der Waals surface area (Å²) in [5.41, 5.74) is 2.00. The van der Waals surface area contributed by atoms with Crippen molar-refractivity contribution in [1.29, 1.82) is 0 Å². The van der Waals surface area contributed by atoms with Crippen LogP contribution in [0.25, 0.3) is 0 Å². The van der Waals surface area contributed by atoms with Crippen molar-refractivity contribution in [2.75, 3.05) is 0 Å². The van der Waals surface area contributed by atoms with E-state index in [2.05, 4.69) is 13.8 Å². The average Bonchev–Trinajstić information content (AvgIpc) is 2.56. The van der Waals surface area contributed by atoms with Crippen molar-refractivity contribution < 1.29 is 14.7 Å². The molecule has 114 valence electrons. The van der Waals surface area contributed by atoms with Crippen molar-refractivity contribution in [3.05, 3.63) is 70.8 Å². The van der Waals surface area contributed by atoms with Gasteiger partial charge in [0.2, 0.25) is 0 Å². The quantitative estimate of drug-likeness (QED) is 0.797. The van der Waals surface area contributed by atoms with Crippen LogP contribution in [-0.4, -0.2) is 16.9 Å². The van der Waals surface area contributed by atoms with Crippen molar-refractivity contribution in [2.45, 2.75) is 32.6 Å². The predicted molar refractivity (Wildman–Crippen MR) is 86.6 cm³/mol. The van der Waals surface area contributed by atoms with Gasteiger partial charge in [-0.2, -0.15) is 0 Å². The van der Waals surface area contributed by atoms with E-state index in [1.54, 1.807) is 30.3 Å². The Morgan fingerprint density at radius 2 is 1.45 bits per heavy atom. The van der Waals surface area contributed by atoms with Gasteiger partial charge in [0.25, 0.3) is 0 Å². The first-order chi connectivity index (χ1) is 10.6. The number of hydrogen-bond acceptors (Lipinski definition) is 2. The Kier molecular flexibility index (Phi) is 5.10. The largest absolute Gasteiger partial charge is 0.478 e. The number of hydrogen-bond donors (Lipinski definition) is 1. The van der Waals surface area contributed by atoms with E-state index in [9.17, 15) is 14.7 Å².